The van der Waals surface area contributed by atoms with Gasteiger partial charge in [0.15, 0.2) is 0 Å². The van der Waals surface area contributed by atoms with Gasteiger partial charge >= 0.3 is 0 Å². The van der Waals surface area contributed by atoms with Gasteiger partial charge in [0.2, 0.25) is 0 Å². The molecule has 0 atom stereocenters. The summed E-state index contributed by atoms with van der Waals surface area (Å²) >= 11 is 1.04. The van der Waals surface area contributed by atoms with Gasteiger partial charge in [-0.05, 0) is 24.3 Å². The zero-order valence-corrected chi connectivity index (χ0v) is 10.6. The van der Waals surface area contributed by atoms with E-state index >= 15 is 0 Å². The predicted octanol–water partition coefficient (Wildman–Crippen LogP) is 3.28. The van der Waals surface area contributed by atoms with E-state index in [1.165, 1.54) is 0 Å². The molecule has 0 saturated heterocycles. The molecule has 2 aromatic heterocycles. The van der Waals surface area contributed by atoms with Crippen molar-refractivity contribution in [1.29, 1.82) is 5.26 Å². The Morgan fingerprint density at radius 3 is 2.74 bits per heavy atom. The molecule has 1 aromatic carbocycles. The molecule has 0 aliphatic rings. The monoisotopic (exact) mass is 267 g/mol. The number of aromatic nitrogens is 2. The van der Waals surface area contributed by atoms with Gasteiger partial charge in [-0.1, -0.05) is 18.2 Å². The standard InChI is InChI=1S/C14H9N3OS/c15-9-19-14-13(10-5-1-2-6-11(10)18)16-12-7-3-4-8-17(12)14/h1-8,18H. The van der Waals surface area contributed by atoms with Gasteiger partial charge in [-0.2, -0.15) is 5.26 Å². The second-order valence-corrected chi connectivity index (χ2v) is 4.68. The Morgan fingerprint density at radius 2 is 1.95 bits per heavy atom. The minimum absolute atomic E-state index is 0.158. The number of hydrogen-bond donors (Lipinski definition) is 1. The molecule has 2 heterocycles. The summed E-state index contributed by atoms with van der Waals surface area (Å²) in [5.74, 6) is 0.158. The Hall–Kier alpha value is -2.45. The Balaban J connectivity index is 2.32. The topological polar surface area (TPSA) is 61.3 Å². The number of nitriles is 1. The van der Waals surface area contributed by atoms with E-state index in [1.54, 1.807) is 18.2 Å². The fraction of sp³-hybridized carbons (Fsp3) is 0. The van der Waals surface area contributed by atoms with Crippen LogP contribution < -0.4 is 0 Å². The second kappa shape index (κ2) is 4.67. The normalized spacial score (nSPS) is 10.5. The number of aromatic hydroxyl groups is 1. The fourth-order valence-electron chi connectivity index (χ4n) is 1.96. The highest BCUT2D eigenvalue weighted by Gasteiger charge is 2.16. The maximum atomic E-state index is 9.94. The Kier molecular flexibility index (Phi) is 2.86. The molecule has 4 nitrogen and oxygen atoms in total. The highest BCUT2D eigenvalue weighted by Crippen LogP contribution is 2.35. The lowest BCUT2D eigenvalue weighted by Crippen LogP contribution is -1.85. The van der Waals surface area contributed by atoms with E-state index in [0.717, 1.165) is 17.4 Å². The van der Waals surface area contributed by atoms with E-state index in [2.05, 4.69) is 10.4 Å². The Morgan fingerprint density at radius 1 is 1.16 bits per heavy atom. The molecule has 0 spiro atoms. The number of para-hydroxylation sites is 1. The summed E-state index contributed by atoms with van der Waals surface area (Å²) in [6.07, 6.45) is 1.85. The zero-order chi connectivity index (χ0) is 13.2. The number of rotatable bonds is 2. The van der Waals surface area contributed by atoms with Crippen molar-refractivity contribution < 1.29 is 5.11 Å². The van der Waals surface area contributed by atoms with Gasteiger partial charge in [0.05, 0.1) is 0 Å². The van der Waals surface area contributed by atoms with E-state index < -0.39 is 0 Å². The molecule has 0 aliphatic carbocycles. The Labute approximate surface area is 114 Å². The van der Waals surface area contributed by atoms with Gasteiger partial charge in [-0.3, -0.25) is 4.40 Å². The van der Waals surface area contributed by atoms with Gasteiger partial charge in [-0.15, -0.1) is 0 Å². The molecule has 0 fully saturated rings. The van der Waals surface area contributed by atoms with E-state index in [9.17, 15) is 5.11 Å². The van der Waals surface area contributed by atoms with Gasteiger partial charge < -0.3 is 5.11 Å². The molecular weight excluding hydrogens is 258 g/mol. The SMILES string of the molecule is N#CSc1c(-c2ccccc2O)nc2ccccn12. The zero-order valence-electron chi connectivity index (χ0n) is 9.82. The van der Waals surface area contributed by atoms with Crippen molar-refractivity contribution in [2.45, 2.75) is 5.03 Å². The van der Waals surface area contributed by atoms with Crippen LogP contribution in [0.4, 0.5) is 0 Å². The quantitative estimate of drug-likeness (QED) is 0.571. The third-order valence-corrected chi connectivity index (χ3v) is 3.46. The maximum absolute atomic E-state index is 9.94. The fourth-order valence-corrected chi connectivity index (χ4v) is 2.55. The van der Waals surface area contributed by atoms with Crippen LogP contribution in [0.1, 0.15) is 0 Å². The molecular formula is C14H9N3OS. The molecule has 3 aromatic rings. The van der Waals surface area contributed by atoms with Gasteiger partial charge in [0.1, 0.15) is 27.5 Å². The van der Waals surface area contributed by atoms with E-state index in [1.807, 2.05) is 34.9 Å². The van der Waals surface area contributed by atoms with Crippen LogP contribution in [-0.4, -0.2) is 14.5 Å². The van der Waals surface area contributed by atoms with Crippen molar-refractivity contribution in [3.63, 3.8) is 0 Å². The number of pyridine rings is 1. The summed E-state index contributed by atoms with van der Waals surface area (Å²) in [5, 5.41) is 21.7. The maximum Gasteiger partial charge on any atom is 0.140 e. The third-order valence-electron chi connectivity index (χ3n) is 2.79. The number of imidazole rings is 1. The van der Waals surface area contributed by atoms with Gasteiger partial charge in [0.25, 0.3) is 0 Å². The van der Waals surface area contributed by atoms with Gasteiger partial charge in [-0.25, -0.2) is 4.98 Å². The number of phenols is 1. The highest BCUT2D eigenvalue weighted by atomic mass is 32.2. The number of fused-ring (bicyclic) bond motifs is 1. The number of thioether (sulfide) groups is 1. The lowest BCUT2D eigenvalue weighted by Gasteiger charge is -2.02. The molecule has 1 N–H and O–H groups in total. The van der Waals surface area contributed by atoms with Crippen molar-refractivity contribution in [2.24, 2.45) is 0 Å². The highest BCUT2D eigenvalue weighted by molar-refractivity contribution is 8.03. The van der Waals surface area contributed by atoms with Crippen LogP contribution in [0.3, 0.4) is 0 Å². The van der Waals surface area contributed by atoms with Crippen LogP contribution in [0.2, 0.25) is 0 Å². The largest absolute Gasteiger partial charge is 0.507 e. The summed E-state index contributed by atoms with van der Waals surface area (Å²) in [6.45, 7) is 0. The summed E-state index contributed by atoms with van der Waals surface area (Å²) in [4.78, 5) is 4.49. The molecule has 5 heteroatoms. The minimum Gasteiger partial charge on any atom is -0.507 e. The molecule has 0 saturated carbocycles. The van der Waals surface area contributed by atoms with Crippen molar-refractivity contribution in [3.05, 3.63) is 48.7 Å². The summed E-state index contributed by atoms with van der Waals surface area (Å²) in [5.41, 5.74) is 2.00. The minimum atomic E-state index is 0.158. The first-order valence-electron chi connectivity index (χ1n) is 5.62. The van der Waals surface area contributed by atoms with Crippen LogP contribution in [0.25, 0.3) is 16.9 Å². The molecule has 3 rings (SSSR count). The molecule has 19 heavy (non-hydrogen) atoms. The third kappa shape index (κ3) is 1.92. The predicted molar refractivity (Wildman–Crippen MR) is 73.8 cm³/mol. The average molecular weight is 267 g/mol. The lowest BCUT2D eigenvalue weighted by atomic mass is 10.1. The molecule has 0 unspecified atom stereocenters. The van der Waals surface area contributed by atoms with Crippen molar-refractivity contribution >= 4 is 17.4 Å². The van der Waals surface area contributed by atoms with Crippen LogP contribution in [0, 0.1) is 10.7 Å². The number of nitrogens with zero attached hydrogens (tertiary/aromatic N) is 3. The number of thiocyanates is 1. The van der Waals surface area contributed by atoms with Crippen LogP contribution >= 0.6 is 11.8 Å². The smallest absolute Gasteiger partial charge is 0.140 e. The average Bonchev–Trinajstić information content (AvgIpc) is 2.79. The molecule has 92 valence electrons. The second-order valence-electron chi connectivity index (χ2n) is 3.90. The van der Waals surface area contributed by atoms with Crippen molar-refractivity contribution in [3.8, 4) is 22.4 Å². The first-order valence-corrected chi connectivity index (χ1v) is 6.44. The molecule has 0 radical (unpaired) electrons. The first-order chi connectivity index (χ1) is 9.31. The first kappa shape index (κ1) is 11.6. The van der Waals surface area contributed by atoms with Crippen molar-refractivity contribution in [2.75, 3.05) is 0 Å². The van der Waals surface area contributed by atoms with E-state index in [4.69, 9.17) is 5.26 Å². The lowest BCUT2D eigenvalue weighted by molar-refractivity contribution is 0.477. The van der Waals surface area contributed by atoms with E-state index in [-0.39, 0.29) is 5.75 Å². The summed E-state index contributed by atoms with van der Waals surface area (Å²) in [6, 6.07) is 12.6. The number of benzene rings is 1. The summed E-state index contributed by atoms with van der Waals surface area (Å²) in [7, 11) is 0. The number of hydrogen-bond acceptors (Lipinski definition) is 4. The molecule has 0 amide bonds. The van der Waals surface area contributed by atoms with E-state index in [0.29, 0.717) is 16.3 Å². The Bertz CT molecular complexity index is 789. The van der Waals surface area contributed by atoms with Crippen LogP contribution in [0.5, 0.6) is 5.75 Å². The van der Waals surface area contributed by atoms with Crippen LogP contribution in [-0.2, 0) is 0 Å². The molecule has 0 bridgehead atoms. The summed E-state index contributed by atoms with van der Waals surface area (Å²) < 4.78 is 1.84. The number of phenolic OH excluding ortho intramolecular Hbond substituents is 1. The van der Waals surface area contributed by atoms with Gasteiger partial charge in [0, 0.05) is 23.5 Å². The molecule has 0 aliphatic heterocycles. The van der Waals surface area contributed by atoms with Crippen LogP contribution in [0.15, 0.2) is 53.7 Å². The van der Waals surface area contributed by atoms with Crippen molar-refractivity contribution in [1.82, 2.24) is 9.38 Å².